The number of rotatable bonds is 8. The lowest BCUT2D eigenvalue weighted by Crippen LogP contribution is -2.26. The molecular weight excluding hydrogens is 246 g/mol. The lowest BCUT2D eigenvalue weighted by molar-refractivity contribution is 0.0932. The molecule has 1 aromatic rings. The van der Waals surface area contributed by atoms with Crippen LogP contribution in [0.15, 0.2) is 12.4 Å². The Morgan fingerprint density at radius 1 is 1.47 bits per heavy atom. The zero-order valence-corrected chi connectivity index (χ0v) is 10.8. The summed E-state index contributed by atoms with van der Waals surface area (Å²) >= 11 is 0. The van der Waals surface area contributed by atoms with Crippen molar-refractivity contribution in [3.63, 3.8) is 0 Å². The summed E-state index contributed by atoms with van der Waals surface area (Å²) in [6, 6.07) is 0. The normalized spacial score (nSPS) is 14.2. The first-order valence-corrected chi connectivity index (χ1v) is 6.44. The van der Waals surface area contributed by atoms with Crippen LogP contribution in [0.3, 0.4) is 0 Å². The number of aromatic nitrogens is 2. The number of nitrogens with one attached hydrogen (secondary N) is 2. The lowest BCUT2D eigenvalue weighted by atomic mass is 10.4. The highest BCUT2D eigenvalue weighted by molar-refractivity contribution is 5.92. The van der Waals surface area contributed by atoms with Crippen LogP contribution in [-0.4, -0.2) is 35.6 Å². The highest BCUT2D eigenvalue weighted by Crippen LogP contribution is 2.28. The first-order valence-electron chi connectivity index (χ1n) is 6.44. The molecule has 1 fully saturated rings. The molecule has 0 unspecified atom stereocenters. The van der Waals surface area contributed by atoms with Crippen LogP contribution in [0.5, 0.6) is 0 Å². The third-order valence-corrected chi connectivity index (χ3v) is 2.82. The van der Waals surface area contributed by atoms with Gasteiger partial charge in [0.25, 0.3) is 5.91 Å². The molecule has 1 heterocycles. The Morgan fingerprint density at radius 2 is 2.32 bits per heavy atom. The van der Waals surface area contributed by atoms with Crippen molar-refractivity contribution < 1.29 is 9.53 Å². The predicted molar refractivity (Wildman–Crippen MR) is 70.3 cm³/mol. The van der Waals surface area contributed by atoms with Gasteiger partial charge in [-0.25, -0.2) is 10.8 Å². The maximum Gasteiger partial charge on any atom is 0.271 e. The van der Waals surface area contributed by atoms with Gasteiger partial charge in [-0.1, -0.05) is 0 Å². The van der Waals surface area contributed by atoms with Crippen molar-refractivity contribution in [1.82, 2.24) is 15.3 Å². The molecule has 1 aliphatic rings. The van der Waals surface area contributed by atoms with Crippen molar-refractivity contribution >= 4 is 11.7 Å². The van der Waals surface area contributed by atoms with E-state index < -0.39 is 0 Å². The summed E-state index contributed by atoms with van der Waals surface area (Å²) in [5, 5.41) is 2.76. The van der Waals surface area contributed by atoms with E-state index in [1.54, 1.807) is 0 Å². The predicted octanol–water partition coefficient (Wildman–Crippen LogP) is 0.309. The number of carbonyl (C=O) groups excluding carboxylic acids is 1. The van der Waals surface area contributed by atoms with Gasteiger partial charge in [0.2, 0.25) is 0 Å². The Labute approximate surface area is 111 Å². The zero-order chi connectivity index (χ0) is 13.5. The number of hydrazine groups is 1. The number of hydrogen-bond acceptors (Lipinski definition) is 6. The molecule has 0 radical (unpaired) electrons. The molecule has 1 saturated carbocycles. The fraction of sp³-hybridized carbons (Fsp3) is 0.583. The lowest BCUT2D eigenvalue weighted by Gasteiger charge is -2.06. The molecule has 1 amide bonds. The van der Waals surface area contributed by atoms with Gasteiger partial charge in [0.05, 0.1) is 12.4 Å². The molecule has 19 heavy (non-hydrogen) atoms. The van der Waals surface area contributed by atoms with Crippen molar-refractivity contribution in [2.45, 2.75) is 19.3 Å². The SMILES string of the molecule is NNc1cncc(C(=O)NCCCOCC2CC2)n1. The Balaban J connectivity index is 1.62. The van der Waals surface area contributed by atoms with Crippen LogP contribution in [0.4, 0.5) is 5.82 Å². The molecule has 0 spiro atoms. The summed E-state index contributed by atoms with van der Waals surface area (Å²) in [4.78, 5) is 19.6. The minimum Gasteiger partial charge on any atom is -0.381 e. The molecule has 0 aliphatic heterocycles. The number of nitrogen functional groups attached to an aromatic ring is 1. The third-order valence-electron chi connectivity index (χ3n) is 2.82. The van der Waals surface area contributed by atoms with E-state index in [0.29, 0.717) is 19.0 Å². The van der Waals surface area contributed by atoms with Crippen molar-refractivity contribution in [3.05, 3.63) is 18.1 Å². The maximum atomic E-state index is 11.7. The Hall–Kier alpha value is -1.73. The second kappa shape index (κ2) is 7.01. The molecule has 0 bridgehead atoms. The van der Waals surface area contributed by atoms with Gasteiger partial charge in [0.1, 0.15) is 5.69 Å². The van der Waals surface area contributed by atoms with Crippen molar-refractivity contribution in [3.8, 4) is 0 Å². The van der Waals surface area contributed by atoms with Gasteiger partial charge in [-0.05, 0) is 25.2 Å². The highest BCUT2D eigenvalue weighted by Gasteiger charge is 2.20. The number of carbonyl (C=O) groups is 1. The van der Waals surface area contributed by atoms with E-state index in [4.69, 9.17) is 10.6 Å². The van der Waals surface area contributed by atoms with Crippen LogP contribution in [0.25, 0.3) is 0 Å². The molecule has 0 aromatic carbocycles. The fourth-order valence-electron chi connectivity index (χ4n) is 1.55. The summed E-state index contributed by atoms with van der Waals surface area (Å²) < 4.78 is 5.48. The van der Waals surface area contributed by atoms with Gasteiger partial charge in [-0.2, -0.15) is 0 Å². The van der Waals surface area contributed by atoms with Gasteiger partial charge in [-0.15, -0.1) is 0 Å². The summed E-state index contributed by atoms with van der Waals surface area (Å²) in [5.74, 6) is 6.08. The molecule has 0 saturated heterocycles. The average molecular weight is 265 g/mol. The smallest absolute Gasteiger partial charge is 0.271 e. The largest absolute Gasteiger partial charge is 0.381 e. The molecular formula is C12H19N5O2. The van der Waals surface area contributed by atoms with Crippen LogP contribution in [-0.2, 0) is 4.74 Å². The van der Waals surface area contributed by atoms with E-state index in [-0.39, 0.29) is 11.6 Å². The summed E-state index contributed by atoms with van der Waals surface area (Å²) in [5.41, 5.74) is 2.59. The number of hydrogen-bond donors (Lipinski definition) is 3. The molecule has 7 heteroatoms. The number of anilines is 1. The minimum atomic E-state index is -0.258. The van der Waals surface area contributed by atoms with E-state index in [9.17, 15) is 4.79 Å². The molecule has 1 aliphatic carbocycles. The highest BCUT2D eigenvalue weighted by atomic mass is 16.5. The van der Waals surface area contributed by atoms with E-state index in [1.807, 2.05) is 0 Å². The van der Waals surface area contributed by atoms with Crippen molar-refractivity contribution in [2.75, 3.05) is 25.2 Å². The van der Waals surface area contributed by atoms with E-state index in [2.05, 4.69) is 20.7 Å². The second-order valence-corrected chi connectivity index (χ2v) is 4.56. The quantitative estimate of drug-likeness (QED) is 0.355. The second-order valence-electron chi connectivity index (χ2n) is 4.56. The molecule has 104 valence electrons. The number of nitrogens with two attached hydrogens (primary N) is 1. The maximum absolute atomic E-state index is 11.7. The van der Waals surface area contributed by atoms with Gasteiger partial charge in [0, 0.05) is 19.8 Å². The van der Waals surface area contributed by atoms with Crippen LogP contribution in [0.1, 0.15) is 29.8 Å². The number of nitrogens with zero attached hydrogens (tertiary/aromatic N) is 2. The van der Waals surface area contributed by atoms with Crippen LogP contribution >= 0.6 is 0 Å². The monoisotopic (exact) mass is 265 g/mol. The topological polar surface area (TPSA) is 102 Å². The van der Waals surface area contributed by atoms with Gasteiger partial charge in [0.15, 0.2) is 5.82 Å². The minimum absolute atomic E-state index is 0.245. The molecule has 0 atom stereocenters. The van der Waals surface area contributed by atoms with Crippen LogP contribution in [0.2, 0.25) is 0 Å². The summed E-state index contributed by atoms with van der Waals surface area (Å²) in [6.45, 7) is 2.09. The Morgan fingerprint density at radius 3 is 3.05 bits per heavy atom. The van der Waals surface area contributed by atoms with Crippen LogP contribution < -0.4 is 16.6 Å². The van der Waals surface area contributed by atoms with E-state index in [0.717, 1.165) is 18.9 Å². The summed E-state index contributed by atoms with van der Waals surface area (Å²) in [6.07, 6.45) is 6.23. The van der Waals surface area contributed by atoms with Gasteiger partial charge >= 0.3 is 0 Å². The Bertz CT molecular complexity index is 422. The molecule has 2 rings (SSSR count). The molecule has 7 nitrogen and oxygen atoms in total. The van der Waals surface area contributed by atoms with Crippen molar-refractivity contribution in [2.24, 2.45) is 11.8 Å². The Kier molecular flexibility index (Phi) is 5.05. The average Bonchev–Trinajstić information content (AvgIpc) is 3.26. The third kappa shape index (κ3) is 4.80. The summed E-state index contributed by atoms with van der Waals surface area (Å²) in [7, 11) is 0. The van der Waals surface area contributed by atoms with E-state index >= 15 is 0 Å². The first kappa shape index (κ1) is 13.7. The molecule has 4 N–H and O–H groups in total. The molecule has 1 aromatic heterocycles. The van der Waals surface area contributed by atoms with Crippen molar-refractivity contribution in [1.29, 1.82) is 0 Å². The number of ether oxygens (including phenoxy) is 1. The standard InChI is InChI=1S/C12H19N5O2/c13-17-11-7-14-6-10(16-11)12(18)15-4-1-5-19-8-9-2-3-9/h6-7,9H,1-5,8,13H2,(H,15,18)(H,16,17). The zero-order valence-electron chi connectivity index (χ0n) is 10.8. The number of amides is 1. The fourth-order valence-corrected chi connectivity index (χ4v) is 1.55. The van der Waals surface area contributed by atoms with E-state index in [1.165, 1.54) is 25.2 Å². The van der Waals surface area contributed by atoms with Gasteiger partial charge in [-0.3, -0.25) is 9.78 Å². The first-order chi connectivity index (χ1) is 9.29. The van der Waals surface area contributed by atoms with Crippen LogP contribution in [0, 0.1) is 5.92 Å². The van der Waals surface area contributed by atoms with Gasteiger partial charge < -0.3 is 15.5 Å².